The smallest absolute Gasteiger partial charge is 0.147 e. The second-order valence-corrected chi connectivity index (χ2v) is 4.03. The number of nitrogens with one attached hydrogen (secondary N) is 1. The molecule has 0 aromatic rings. The van der Waals surface area contributed by atoms with Gasteiger partial charge >= 0.3 is 66.8 Å². The van der Waals surface area contributed by atoms with Crippen LogP contribution in [0.3, 0.4) is 0 Å². The van der Waals surface area contributed by atoms with Crippen molar-refractivity contribution < 1.29 is 9.90 Å². The Hall–Kier alpha value is 0.239. The van der Waals surface area contributed by atoms with Gasteiger partial charge in [-0.3, -0.25) is 0 Å². The van der Waals surface area contributed by atoms with Crippen molar-refractivity contribution in [2.24, 2.45) is 0 Å². The number of hydrogen-bond donors (Lipinski definition) is 2. The fourth-order valence-corrected chi connectivity index (χ4v) is 1.62. The Morgan fingerprint density at radius 2 is 2.27 bits per heavy atom. The predicted octanol–water partition coefficient (Wildman–Crippen LogP) is 0.641. The van der Waals surface area contributed by atoms with Crippen LogP contribution in [0.1, 0.15) is 6.42 Å². The summed E-state index contributed by atoms with van der Waals surface area (Å²) in [7, 11) is 1.68. The van der Waals surface area contributed by atoms with Crippen LogP contribution in [0.15, 0.2) is 0 Å². The quantitative estimate of drug-likeness (QED) is 0.700. The van der Waals surface area contributed by atoms with Gasteiger partial charge in [0.2, 0.25) is 0 Å². The van der Waals surface area contributed by atoms with Crippen molar-refractivity contribution in [1.82, 2.24) is 5.32 Å². The van der Waals surface area contributed by atoms with Crippen molar-refractivity contribution in [3.05, 3.63) is 0 Å². The fraction of sp³-hybridized carbons (Fsp3) is 0.833. The molecule has 0 aliphatic heterocycles. The molecule has 0 amide bonds. The summed E-state index contributed by atoms with van der Waals surface area (Å²) in [4.78, 5) is 10.4. The second-order valence-electron chi connectivity index (χ2n) is 1.96. The van der Waals surface area contributed by atoms with E-state index in [9.17, 15) is 4.79 Å². The van der Waals surface area contributed by atoms with E-state index >= 15 is 0 Å². The largest absolute Gasteiger partial charge is 0.147 e. The van der Waals surface area contributed by atoms with Crippen LogP contribution in [0.25, 0.3) is 0 Å². The topological polar surface area (TPSA) is 49.3 Å². The molecule has 3 nitrogen and oxygen atoms in total. The third-order valence-electron chi connectivity index (χ3n) is 1.26. The van der Waals surface area contributed by atoms with Crippen molar-refractivity contribution >= 4 is 33.3 Å². The van der Waals surface area contributed by atoms with E-state index in [1.165, 1.54) is 0 Å². The number of carboxylic acid groups (broad SMARTS) is 1. The Kier molecular flexibility index (Phi) is 10.5. The summed E-state index contributed by atoms with van der Waals surface area (Å²) < 4.78 is 0. The van der Waals surface area contributed by atoms with Gasteiger partial charge in [0, 0.05) is 0 Å². The first-order chi connectivity index (χ1) is 4.72. The van der Waals surface area contributed by atoms with Crippen LogP contribution >= 0.6 is 12.4 Å². The SMILES string of the molecule is CNC(CC[Se]C)C(=O)O.Cl. The zero-order valence-electron chi connectivity index (χ0n) is 6.66. The van der Waals surface area contributed by atoms with E-state index in [1.807, 2.05) is 0 Å². The van der Waals surface area contributed by atoms with Gasteiger partial charge in [0.1, 0.15) is 0 Å². The normalized spacial score (nSPS) is 11.8. The van der Waals surface area contributed by atoms with E-state index in [1.54, 1.807) is 7.05 Å². The Labute approximate surface area is 79.5 Å². The molecule has 0 saturated heterocycles. The molecule has 0 aromatic heterocycles. The Bertz CT molecular complexity index is 113. The van der Waals surface area contributed by atoms with Gasteiger partial charge < -0.3 is 0 Å². The van der Waals surface area contributed by atoms with Crippen molar-refractivity contribution in [2.75, 3.05) is 7.05 Å². The monoisotopic (exact) mass is 247 g/mol. The van der Waals surface area contributed by atoms with E-state index in [0.717, 1.165) is 11.7 Å². The summed E-state index contributed by atoms with van der Waals surface area (Å²) in [5, 5.41) is 12.3. The number of carboxylic acids is 1. The van der Waals surface area contributed by atoms with Gasteiger partial charge in [-0.05, 0) is 0 Å². The molecule has 0 spiro atoms. The molecular formula is C6H14ClNO2Se. The molecule has 0 aliphatic carbocycles. The average Bonchev–Trinajstić information content (AvgIpc) is 1.89. The molecule has 0 aliphatic rings. The number of halogens is 1. The van der Waals surface area contributed by atoms with E-state index < -0.39 is 5.97 Å². The minimum atomic E-state index is -0.744. The van der Waals surface area contributed by atoms with E-state index in [0.29, 0.717) is 15.0 Å². The summed E-state index contributed by atoms with van der Waals surface area (Å²) in [5.74, 6) is 1.37. The number of rotatable bonds is 5. The van der Waals surface area contributed by atoms with Gasteiger partial charge in [0.25, 0.3) is 0 Å². The third-order valence-corrected chi connectivity index (χ3v) is 2.61. The first-order valence-corrected chi connectivity index (χ1v) is 6.03. The summed E-state index contributed by atoms with van der Waals surface area (Å²) in [6.07, 6.45) is 0.752. The van der Waals surface area contributed by atoms with Crippen LogP contribution in [-0.2, 0) is 4.79 Å². The van der Waals surface area contributed by atoms with Crippen molar-refractivity contribution in [3.8, 4) is 0 Å². The molecule has 0 rings (SSSR count). The van der Waals surface area contributed by atoms with Gasteiger partial charge in [-0.1, -0.05) is 0 Å². The molecule has 0 fully saturated rings. The zero-order chi connectivity index (χ0) is 7.98. The van der Waals surface area contributed by atoms with Crippen molar-refractivity contribution in [3.63, 3.8) is 0 Å². The molecule has 0 radical (unpaired) electrons. The van der Waals surface area contributed by atoms with E-state index in [2.05, 4.69) is 11.1 Å². The average molecular weight is 247 g/mol. The Morgan fingerprint density at radius 1 is 1.73 bits per heavy atom. The number of hydrogen-bond acceptors (Lipinski definition) is 2. The number of carbonyl (C=O) groups is 1. The minimum Gasteiger partial charge on any atom is -0.147 e. The van der Waals surface area contributed by atoms with Crippen LogP contribution in [0.5, 0.6) is 0 Å². The summed E-state index contributed by atoms with van der Waals surface area (Å²) in [6, 6.07) is -0.346. The van der Waals surface area contributed by atoms with E-state index in [-0.39, 0.29) is 18.4 Å². The van der Waals surface area contributed by atoms with Crippen molar-refractivity contribution in [2.45, 2.75) is 23.6 Å². The second kappa shape index (κ2) is 8.34. The fourth-order valence-electron chi connectivity index (χ4n) is 0.627. The van der Waals surface area contributed by atoms with Crippen LogP contribution in [-0.4, -0.2) is 39.1 Å². The Morgan fingerprint density at radius 3 is 2.55 bits per heavy atom. The Balaban J connectivity index is 0. The molecule has 2 N–H and O–H groups in total. The molecule has 11 heavy (non-hydrogen) atoms. The van der Waals surface area contributed by atoms with Gasteiger partial charge in [-0.25, -0.2) is 0 Å². The predicted molar refractivity (Wildman–Crippen MR) is 48.8 cm³/mol. The van der Waals surface area contributed by atoms with Gasteiger partial charge in [-0.15, -0.1) is 12.4 Å². The molecule has 0 heterocycles. The molecule has 1 unspecified atom stereocenters. The molecule has 0 saturated carbocycles. The van der Waals surface area contributed by atoms with Crippen LogP contribution in [0.4, 0.5) is 0 Å². The maximum Gasteiger partial charge on any atom is -0.147 e. The molecule has 0 aromatic carbocycles. The molecule has 68 valence electrons. The van der Waals surface area contributed by atoms with Crippen LogP contribution in [0, 0.1) is 0 Å². The maximum atomic E-state index is 10.4. The first kappa shape index (κ1) is 13.8. The summed E-state index contributed by atoms with van der Waals surface area (Å²) in [5.41, 5.74) is 0. The molecule has 5 heteroatoms. The van der Waals surface area contributed by atoms with Gasteiger partial charge in [0.05, 0.1) is 0 Å². The van der Waals surface area contributed by atoms with Crippen molar-refractivity contribution in [1.29, 1.82) is 0 Å². The molecule has 0 bridgehead atoms. The zero-order valence-corrected chi connectivity index (χ0v) is 9.19. The molecule has 1 atom stereocenters. The minimum absolute atomic E-state index is 0. The van der Waals surface area contributed by atoms with Crippen LogP contribution in [0.2, 0.25) is 11.1 Å². The van der Waals surface area contributed by atoms with Crippen LogP contribution < -0.4 is 5.32 Å². The third kappa shape index (κ3) is 6.63. The number of likely N-dealkylation sites (N-methyl/N-ethyl adjacent to an activating group) is 1. The van der Waals surface area contributed by atoms with Gasteiger partial charge in [0.15, 0.2) is 0 Å². The number of aliphatic carboxylic acids is 1. The summed E-state index contributed by atoms with van der Waals surface area (Å²) in [6.45, 7) is 0. The maximum absolute atomic E-state index is 10.4. The van der Waals surface area contributed by atoms with Gasteiger partial charge in [-0.2, -0.15) is 0 Å². The summed E-state index contributed by atoms with van der Waals surface area (Å²) >= 11 is 0.588. The first-order valence-electron chi connectivity index (χ1n) is 3.11. The standard InChI is InChI=1S/C6H13NO2Se.ClH/c1-7-5(6(8)9)3-4-10-2;/h5,7H,3-4H2,1-2H3,(H,8,9);1H. The molecular weight excluding hydrogens is 232 g/mol. The van der Waals surface area contributed by atoms with E-state index in [4.69, 9.17) is 5.11 Å².